The third-order valence-electron chi connectivity index (χ3n) is 4.29. The molecule has 0 bridgehead atoms. The van der Waals surface area contributed by atoms with E-state index in [0.717, 1.165) is 18.3 Å². The van der Waals surface area contributed by atoms with E-state index < -0.39 is 11.8 Å². The summed E-state index contributed by atoms with van der Waals surface area (Å²) in [5, 5.41) is 9.15. The number of halogens is 1. The minimum Gasteiger partial charge on any atom is -0.478 e. The van der Waals surface area contributed by atoms with Gasteiger partial charge in [0.2, 0.25) is 0 Å². The third kappa shape index (κ3) is 3.06. The summed E-state index contributed by atoms with van der Waals surface area (Å²) in [6.07, 6.45) is 8.29. The SMILES string of the molecule is O=C(O)c1cc(F)cc2[nH]c(CC3CCCCCC3)nc12. The lowest BCUT2D eigenvalue weighted by Crippen LogP contribution is -2.04. The summed E-state index contributed by atoms with van der Waals surface area (Å²) < 4.78 is 13.5. The van der Waals surface area contributed by atoms with Gasteiger partial charge < -0.3 is 10.1 Å². The molecule has 0 radical (unpaired) electrons. The zero-order valence-electron chi connectivity index (χ0n) is 11.9. The van der Waals surface area contributed by atoms with Crippen LogP contribution in [0.1, 0.15) is 54.7 Å². The number of aromatic amines is 1. The number of nitrogens with one attached hydrogen (secondary N) is 1. The minimum absolute atomic E-state index is 0.0756. The Kier molecular flexibility index (Phi) is 3.90. The molecule has 0 unspecified atom stereocenters. The van der Waals surface area contributed by atoms with E-state index in [1.54, 1.807) is 0 Å². The van der Waals surface area contributed by atoms with Crippen molar-refractivity contribution < 1.29 is 14.3 Å². The second-order valence-electron chi connectivity index (χ2n) is 5.90. The number of benzene rings is 1. The van der Waals surface area contributed by atoms with Crippen LogP contribution in [0.2, 0.25) is 0 Å². The fourth-order valence-corrected chi connectivity index (χ4v) is 3.23. The fourth-order valence-electron chi connectivity index (χ4n) is 3.23. The number of rotatable bonds is 3. The van der Waals surface area contributed by atoms with Crippen LogP contribution in [0.3, 0.4) is 0 Å². The molecule has 1 aliphatic carbocycles. The molecular weight excluding hydrogens is 271 g/mol. The van der Waals surface area contributed by atoms with Crippen LogP contribution in [-0.2, 0) is 6.42 Å². The highest BCUT2D eigenvalue weighted by atomic mass is 19.1. The first-order valence-corrected chi connectivity index (χ1v) is 7.55. The number of aromatic carboxylic acids is 1. The number of hydrogen-bond donors (Lipinski definition) is 2. The zero-order valence-corrected chi connectivity index (χ0v) is 11.9. The van der Waals surface area contributed by atoms with Gasteiger partial charge in [0.25, 0.3) is 0 Å². The molecule has 0 saturated heterocycles. The monoisotopic (exact) mass is 290 g/mol. The van der Waals surface area contributed by atoms with E-state index in [1.165, 1.54) is 44.6 Å². The molecule has 0 amide bonds. The molecule has 1 saturated carbocycles. The number of hydrogen-bond acceptors (Lipinski definition) is 2. The van der Waals surface area contributed by atoms with Crippen LogP contribution >= 0.6 is 0 Å². The van der Waals surface area contributed by atoms with Crippen LogP contribution in [-0.4, -0.2) is 21.0 Å². The number of imidazole rings is 1. The Morgan fingerprint density at radius 2 is 2.00 bits per heavy atom. The van der Waals surface area contributed by atoms with Gasteiger partial charge >= 0.3 is 5.97 Å². The van der Waals surface area contributed by atoms with Gasteiger partial charge in [-0.1, -0.05) is 38.5 Å². The second kappa shape index (κ2) is 5.84. The summed E-state index contributed by atoms with van der Waals surface area (Å²) in [5.74, 6) is -0.340. The molecule has 2 aromatic rings. The Morgan fingerprint density at radius 1 is 1.29 bits per heavy atom. The molecule has 3 rings (SSSR count). The zero-order chi connectivity index (χ0) is 14.8. The predicted octanol–water partition coefficient (Wildman–Crippen LogP) is 3.91. The van der Waals surface area contributed by atoms with Gasteiger partial charge in [-0.15, -0.1) is 0 Å². The van der Waals surface area contributed by atoms with E-state index in [2.05, 4.69) is 9.97 Å². The topological polar surface area (TPSA) is 66.0 Å². The van der Waals surface area contributed by atoms with E-state index in [-0.39, 0.29) is 5.56 Å². The molecular formula is C16H19FN2O2. The van der Waals surface area contributed by atoms with Crippen LogP contribution < -0.4 is 0 Å². The number of aromatic nitrogens is 2. The molecule has 4 nitrogen and oxygen atoms in total. The van der Waals surface area contributed by atoms with Gasteiger partial charge in [0.05, 0.1) is 11.1 Å². The van der Waals surface area contributed by atoms with Crippen LogP contribution in [0.4, 0.5) is 4.39 Å². The summed E-state index contributed by atoms with van der Waals surface area (Å²) >= 11 is 0. The Balaban J connectivity index is 1.89. The maximum Gasteiger partial charge on any atom is 0.338 e. The smallest absolute Gasteiger partial charge is 0.338 e. The molecule has 1 aromatic heterocycles. The highest BCUT2D eigenvalue weighted by Gasteiger charge is 2.18. The van der Waals surface area contributed by atoms with Crippen molar-refractivity contribution in [1.82, 2.24) is 9.97 Å². The Morgan fingerprint density at radius 3 is 2.67 bits per heavy atom. The third-order valence-corrected chi connectivity index (χ3v) is 4.29. The summed E-state index contributed by atoms with van der Waals surface area (Å²) in [4.78, 5) is 18.7. The number of carboxylic acids is 1. The van der Waals surface area contributed by atoms with Gasteiger partial charge in [-0.25, -0.2) is 14.2 Å². The van der Waals surface area contributed by atoms with E-state index in [0.29, 0.717) is 17.0 Å². The van der Waals surface area contributed by atoms with Crippen LogP contribution in [0.15, 0.2) is 12.1 Å². The fraction of sp³-hybridized carbons (Fsp3) is 0.500. The van der Waals surface area contributed by atoms with E-state index in [4.69, 9.17) is 5.11 Å². The van der Waals surface area contributed by atoms with E-state index in [9.17, 15) is 9.18 Å². The van der Waals surface area contributed by atoms with Crippen LogP contribution in [0, 0.1) is 11.7 Å². The van der Waals surface area contributed by atoms with Crippen molar-refractivity contribution in [3.05, 3.63) is 29.3 Å². The molecule has 1 aliphatic rings. The van der Waals surface area contributed by atoms with Crippen LogP contribution in [0.25, 0.3) is 11.0 Å². The van der Waals surface area contributed by atoms with Gasteiger partial charge in [0.15, 0.2) is 0 Å². The van der Waals surface area contributed by atoms with Crippen molar-refractivity contribution in [3.63, 3.8) is 0 Å². The Hall–Kier alpha value is -1.91. The number of carboxylic acid groups (broad SMARTS) is 1. The summed E-state index contributed by atoms with van der Waals surface area (Å²) in [6.45, 7) is 0. The van der Waals surface area contributed by atoms with Crippen molar-refractivity contribution in [2.45, 2.75) is 44.9 Å². The maximum atomic E-state index is 13.5. The first kappa shape index (κ1) is 14.0. The van der Waals surface area contributed by atoms with Gasteiger partial charge in [-0.05, 0) is 18.1 Å². The molecule has 1 aromatic carbocycles. The molecule has 21 heavy (non-hydrogen) atoms. The van der Waals surface area contributed by atoms with Crippen molar-refractivity contribution in [3.8, 4) is 0 Å². The van der Waals surface area contributed by atoms with Gasteiger partial charge in [-0.3, -0.25) is 0 Å². The van der Waals surface area contributed by atoms with Gasteiger partial charge in [0.1, 0.15) is 17.2 Å². The molecule has 0 aliphatic heterocycles. The lowest BCUT2D eigenvalue weighted by Gasteiger charge is -2.11. The molecule has 1 heterocycles. The van der Waals surface area contributed by atoms with Crippen molar-refractivity contribution >= 4 is 17.0 Å². The highest BCUT2D eigenvalue weighted by Crippen LogP contribution is 2.27. The lowest BCUT2D eigenvalue weighted by atomic mass is 9.96. The van der Waals surface area contributed by atoms with Crippen LogP contribution in [0.5, 0.6) is 0 Å². The quantitative estimate of drug-likeness (QED) is 0.842. The molecule has 5 heteroatoms. The molecule has 2 N–H and O–H groups in total. The summed E-state index contributed by atoms with van der Waals surface area (Å²) in [6, 6.07) is 2.34. The standard InChI is InChI=1S/C16H19FN2O2/c17-11-8-12(16(20)21)15-13(9-11)18-14(19-15)7-10-5-3-1-2-4-6-10/h8-10H,1-7H2,(H,18,19)(H,20,21). The predicted molar refractivity (Wildman–Crippen MR) is 77.9 cm³/mol. The van der Waals surface area contributed by atoms with E-state index >= 15 is 0 Å². The van der Waals surface area contributed by atoms with Crippen molar-refractivity contribution in [1.29, 1.82) is 0 Å². The first-order valence-electron chi connectivity index (χ1n) is 7.55. The highest BCUT2D eigenvalue weighted by molar-refractivity contribution is 6.00. The Labute approximate surface area is 122 Å². The first-order chi connectivity index (χ1) is 10.1. The van der Waals surface area contributed by atoms with Gasteiger partial charge in [0, 0.05) is 6.42 Å². The van der Waals surface area contributed by atoms with Gasteiger partial charge in [-0.2, -0.15) is 0 Å². The minimum atomic E-state index is -1.15. The van der Waals surface area contributed by atoms with E-state index in [1.807, 2.05) is 0 Å². The van der Waals surface area contributed by atoms with Crippen molar-refractivity contribution in [2.75, 3.05) is 0 Å². The summed E-state index contributed by atoms with van der Waals surface area (Å²) in [7, 11) is 0. The molecule has 0 spiro atoms. The second-order valence-corrected chi connectivity index (χ2v) is 5.90. The number of nitrogens with zero attached hydrogens (tertiary/aromatic N) is 1. The molecule has 0 atom stereocenters. The molecule has 112 valence electrons. The van der Waals surface area contributed by atoms with Crippen molar-refractivity contribution in [2.24, 2.45) is 5.92 Å². The maximum absolute atomic E-state index is 13.5. The lowest BCUT2D eigenvalue weighted by molar-refractivity contribution is 0.0698. The average Bonchev–Trinajstić information content (AvgIpc) is 2.65. The largest absolute Gasteiger partial charge is 0.478 e. The Bertz CT molecular complexity index is 658. The number of H-pyrrole nitrogens is 1. The number of fused-ring (bicyclic) bond motifs is 1. The number of carbonyl (C=O) groups is 1. The normalized spacial score (nSPS) is 17.0. The summed E-state index contributed by atoms with van der Waals surface area (Å²) in [5.41, 5.74) is 0.747. The molecule has 1 fully saturated rings. The average molecular weight is 290 g/mol.